The molecule has 3 N–H and O–H groups in total. The van der Waals surface area contributed by atoms with Gasteiger partial charge in [-0.15, -0.1) is 0 Å². The maximum atomic E-state index is 12.8. The van der Waals surface area contributed by atoms with Crippen LogP contribution in [0.1, 0.15) is 168 Å². The molecule has 0 bridgehead atoms. The van der Waals surface area contributed by atoms with Crippen LogP contribution in [0.15, 0.2) is 0 Å². The molecule has 0 aromatic heterocycles. The molecule has 4 aliphatic carbocycles. The summed E-state index contributed by atoms with van der Waals surface area (Å²) in [6.07, 6.45) is 30.4. The number of nitriles is 1. The second kappa shape index (κ2) is 19.0. The van der Waals surface area contributed by atoms with Crippen LogP contribution in [0.4, 0.5) is 9.59 Å². The van der Waals surface area contributed by atoms with Crippen LogP contribution in [0.2, 0.25) is 0 Å². The standard InChI is InChI=1S/C21H34N4O2.C11H18ClNO.C10H19N/c1-16(2)14-17(18(26)24-21(15-22)8-9-21)23-19(27)25-12-10-20(11-13-25)6-4-3-5-7-20;12-10(14)13-8-6-11(7-9-13)4-2-1-3-5-11;1-2-4-10(5-3-1)6-8-11-9-7-10/h16-17H,3-14H2,1-2H3,(H,23,27)(H,24,26);1-9H2;11H,1-9H2. The van der Waals surface area contributed by atoms with E-state index in [0.29, 0.717) is 30.1 Å². The molecule has 3 saturated heterocycles. The van der Waals surface area contributed by atoms with Crippen molar-refractivity contribution in [3.05, 3.63) is 0 Å². The summed E-state index contributed by atoms with van der Waals surface area (Å²) in [5.41, 5.74) is 1.12. The highest BCUT2D eigenvalue weighted by Gasteiger charge is 2.46. The fourth-order valence-electron chi connectivity index (χ4n) is 10.4. The second-order valence-electron chi connectivity index (χ2n) is 18.5. The fourth-order valence-corrected chi connectivity index (χ4v) is 10.5. The number of nitrogens with zero attached hydrogens (tertiary/aromatic N) is 3. The Morgan fingerprint density at radius 2 is 1.08 bits per heavy atom. The summed E-state index contributed by atoms with van der Waals surface area (Å²) < 4.78 is 0. The first-order chi connectivity index (χ1) is 25.0. The average Bonchev–Trinajstić information content (AvgIpc) is 3.93. The molecule has 3 spiro atoms. The van der Waals surface area contributed by atoms with Crippen molar-refractivity contribution in [3.8, 4) is 6.07 Å². The zero-order valence-electron chi connectivity index (χ0n) is 32.8. The zero-order chi connectivity index (χ0) is 37.1. The number of hydrogen-bond acceptors (Lipinski definition) is 5. The van der Waals surface area contributed by atoms with E-state index < -0.39 is 11.6 Å². The lowest BCUT2D eigenvalue weighted by Gasteiger charge is -2.44. The van der Waals surface area contributed by atoms with Crippen LogP contribution in [-0.2, 0) is 4.79 Å². The highest BCUT2D eigenvalue weighted by molar-refractivity contribution is 6.62. The van der Waals surface area contributed by atoms with Gasteiger partial charge in [-0.2, -0.15) is 5.26 Å². The summed E-state index contributed by atoms with van der Waals surface area (Å²) in [6.45, 7) is 9.95. The Morgan fingerprint density at radius 3 is 1.46 bits per heavy atom. The number of nitrogens with one attached hydrogen (secondary N) is 3. The van der Waals surface area contributed by atoms with Gasteiger partial charge in [0.25, 0.3) is 0 Å². The van der Waals surface area contributed by atoms with Gasteiger partial charge in [0.2, 0.25) is 5.91 Å². The number of urea groups is 1. The third-order valence-electron chi connectivity index (χ3n) is 14.2. The van der Waals surface area contributed by atoms with Crippen molar-refractivity contribution < 1.29 is 14.4 Å². The van der Waals surface area contributed by atoms with E-state index in [1.165, 1.54) is 135 Å². The minimum atomic E-state index is -0.699. The largest absolute Gasteiger partial charge is 0.336 e. The highest BCUT2D eigenvalue weighted by atomic mass is 35.5. The number of likely N-dealkylation sites (tertiary alicyclic amines) is 2. The van der Waals surface area contributed by atoms with Crippen molar-refractivity contribution in [1.82, 2.24) is 25.8 Å². The molecule has 0 aromatic rings. The van der Waals surface area contributed by atoms with Crippen LogP contribution in [0, 0.1) is 33.5 Å². The predicted octanol–water partition coefficient (Wildman–Crippen LogP) is 9.04. The quantitative estimate of drug-likeness (QED) is 0.192. The molecule has 7 rings (SSSR count). The molecular formula is C42H71ClN6O3. The predicted molar refractivity (Wildman–Crippen MR) is 209 cm³/mol. The molecule has 4 saturated carbocycles. The first-order valence-electron chi connectivity index (χ1n) is 21.4. The lowest BCUT2D eigenvalue weighted by Crippen LogP contribution is -2.55. The van der Waals surface area contributed by atoms with Crippen LogP contribution >= 0.6 is 11.6 Å². The number of rotatable bonds is 5. The van der Waals surface area contributed by atoms with E-state index in [2.05, 4.69) is 22.0 Å². The summed E-state index contributed by atoms with van der Waals surface area (Å²) in [4.78, 5) is 40.1. The van der Waals surface area contributed by atoms with Gasteiger partial charge >= 0.3 is 11.4 Å². The van der Waals surface area contributed by atoms with E-state index in [1.54, 1.807) is 4.90 Å². The fraction of sp³-hybridized carbons (Fsp3) is 0.905. The molecule has 10 heteroatoms. The van der Waals surface area contributed by atoms with Crippen molar-refractivity contribution in [2.24, 2.45) is 22.2 Å². The Hall–Kier alpha value is -2.05. The number of piperidine rings is 3. The summed E-state index contributed by atoms with van der Waals surface area (Å²) in [7, 11) is 0. The Morgan fingerprint density at radius 1 is 0.654 bits per heavy atom. The Kier molecular flexibility index (Phi) is 15.0. The molecule has 3 heterocycles. The van der Waals surface area contributed by atoms with Crippen LogP contribution in [-0.4, -0.2) is 78.0 Å². The maximum absolute atomic E-state index is 12.8. The molecule has 1 unspecified atom stereocenters. The van der Waals surface area contributed by atoms with Gasteiger partial charge in [0.1, 0.15) is 11.6 Å². The maximum Gasteiger partial charge on any atom is 0.318 e. The van der Waals surface area contributed by atoms with Crippen LogP contribution in [0.3, 0.4) is 0 Å². The molecule has 0 radical (unpaired) electrons. The number of hydrogen-bond donors (Lipinski definition) is 3. The second-order valence-corrected chi connectivity index (χ2v) is 18.8. The normalized spacial score (nSPS) is 26.1. The molecule has 294 valence electrons. The topological polar surface area (TPSA) is 118 Å². The number of carbonyl (C=O) groups is 3. The molecular weight excluding hydrogens is 672 g/mol. The molecule has 9 nitrogen and oxygen atoms in total. The minimum absolute atomic E-state index is 0.136. The van der Waals surface area contributed by atoms with Crippen molar-refractivity contribution in [1.29, 1.82) is 5.26 Å². The van der Waals surface area contributed by atoms with Crippen molar-refractivity contribution in [3.63, 3.8) is 0 Å². The summed E-state index contributed by atoms with van der Waals surface area (Å²) in [6, 6.07) is 1.48. The lowest BCUT2D eigenvalue weighted by atomic mass is 9.68. The molecule has 4 amide bonds. The Labute approximate surface area is 320 Å². The average molecular weight is 744 g/mol. The molecule has 7 fully saturated rings. The number of carbonyl (C=O) groups excluding carboxylic acids is 3. The van der Waals surface area contributed by atoms with Gasteiger partial charge in [0.05, 0.1) is 6.07 Å². The summed E-state index contributed by atoms with van der Waals surface area (Å²) in [5, 5.41) is 18.2. The van der Waals surface area contributed by atoms with Crippen LogP contribution in [0.5, 0.6) is 0 Å². The van der Waals surface area contributed by atoms with Crippen molar-refractivity contribution in [2.75, 3.05) is 39.3 Å². The van der Waals surface area contributed by atoms with Crippen molar-refractivity contribution in [2.45, 2.75) is 180 Å². The number of halogens is 1. The zero-order valence-corrected chi connectivity index (χ0v) is 33.6. The lowest BCUT2D eigenvalue weighted by molar-refractivity contribution is -0.124. The van der Waals surface area contributed by atoms with Gasteiger partial charge in [-0.25, -0.2) is 4.79 Å². The van der Waals surface area contributed by atoms with E-state index in [4.69, 9.17) is 11.6 Å². The number of amides is 4. The van der Waals surface area contributed by atoms with Gasteiger partial charge in [-0.05, 0) is 143 Å². The van der Waals surface area contributed by atoms with E-state index in [0.717, 1.165) is 44.4 Å². The van der Waals surface area contributed by atoms with Gasteiger partial charge in [0, 0.05) is 26.2 Å². The summed E-state index contributed by atoms with van der Waals surface area (Å²) in [5.74, 6) is 0.0574. The Bertz CT molecular complexity index is 1170. The first kappa shape index (κ1) is 41.1. The van der Waals surface area contributed by atoms with E-state index in [1.807, 2.05) is 18.7 Å². The minimum Gasteiger partial charge on any atom is -0.336 e. The van der Waals surface area contributed by atoms with Crippen LogP contribution < -0.4 is 16.0 Å². The molecule has 0 aromatic carbocycles. The Balaban J connectivity index is 0.000000172. The third kappa shape index (κ3) is 11.7. The summed E-state index contributed by atoms with van der Waals surface area (Å²) >= 11 is 5.47. The highest BCUT2D eigenvalue weighted by Crippen LogP contribution is 2.46. The molecule has 3 aliphatic heterocycles. The third-order valence-corrected chi connectivity index (χ3v) is 14.5. The van der Waals surface area contributed by atoms with E-state index in [9.17, 15) is 19.6 Å². The molecule has 7 aliphatic rings. The smallest absolute Gasteiger partial charge is 0.318 e. The van der Waals surface area contributed by atoms with Gasteiger partial charge in [-0.1, -0.05) is 71.6 Å². The van der Waals surface area contributed by atoms with Crippen molar-refractivity contribution >= 4 is 28.9 Å². The monoisotopic (exact) mass is 743 g/mol. The van der Waals surface area contributed by atoms with Gasteiger partial charge < -0.3 is 25.8 Å². The first-order valence-corrected chi connectivity index (χ1v) is 21.8. The molecule has 1 atom stereocenters. The van der Waals surface area contributed by atoms with Gasteiger partial charge in [0.15, 0.2) is 0 Å². The van der Waals surface area contributed by atoms with Gasteiger partial charge in [-0.3, -0.25) is 9.59 Å². The SMILES string of the molecule is C1CCC2(CC1)CCNCC2.CC(C)CC(NC(=O)N1CCC2(CCCCC2)CC1)C(=O)NC1(C#N)CC1.O=C(Cl)N1CCC2(CCCCC2)CC1. The molecule has 52 heavy (non-hydrogen) atoms. The van der Waals surface area contributed by atoms with E-state index in [-0.39, 0.29) is 23.2 Å². The van der Waals surface area contributed by atoms with E-state index >= 15 is 0 Å². The van der Waals surface area contributed by atoms with Crippen LogP contribution in [0.25, 0.3) is 0 Å².